The number of aryl methyl sites for hydroxylation is 1. The maximum atomic E-state index is 13.1. The molecule has 162 valence electrons. The van der Waals surface area contributed by atoms with Gasteiger partial charge in [0.1, 0.15) is 5.69 Å². The summed E-state index contributed by atoms with van der Waals surface area (Å²) in [6, 6.07) is 11.6. The molecule has 9 heteroatoms. The average molecular weight is 422 g/mol. The van der Waals surface area contributed by atoms with Crippen LogP contribution >= 0.6 is 0 Å². The van der Waals surface area contributed by atoms with Crippen molar-refractivity contribution in [2.45, 2.75) is 26.5 Å². The molecule has 2 amide bonds. The molecule has 1 atom stereocenters. The van der Waals surface area contributed by atoms with Crippen LogP contribution in [0, 0.1) is 13.8 Å². The zero-order valence-corrected chi connectivity index (χ0v) is 17.7. The molecular formula is C22H26N6O3. The van der Waals surface area contributed by atoms with Gasteiger partial charge in [-0.15, -0.1) is 0 Å². The van der Waals surface area contributed by atoms with Crippen molar-refractivity contribution in [1.29, 1.82) is 0 Å². The quantitative estimate of drug-likeness (QED) is 0.627. The molecule has 1 fully saturated rings. The molecule has 0 spiro atoms. The summed E-state index contributed by atoms with van der Waals surface area (Å²) in [4.78, 5) is 27.3. The number of aromatic nitrogens is 4. The number of rotatable bonds is 6. The molecule has 3 aromatic rings. The fourth-order valence-corrected chi connectivity index (χ4v) is 3.63. The van der Waals surface area contributed by atoms with Crippen molar-refractivity contribution in [2.24, 2.45) is 0 Å². The highest BCUT2D eigenvalue weighted by atomic mass is 16.5. The van der Waals surface area contributed by atoms with Crippen LogP contribution in [0.1, 0.15) is 21.7 Å². The maximum absolute atomic E-state index is 13.1. The van der Waals surface area contributed by atoms with E-state index < -0.39 is 6.10 Å². The van der Waals surface area contributed by atoms with Crippen molar-refractivity contribution in [3.05, 3.63) is 59.5 Å². The first-order valence-electron chi connectivity index (χ1n) is 10.3. The number of hydrogen-bond acceptors (Lipinski definition) is 5. The molecule has 4 rings (SSSR count). The topological polar surface area (TPSA) is 105 Å². The van der Waals surface area contributed by atoms with E-state index in [1.54, 1.807) is 9.58 Å². The summed E-state index contributed by atoms with van der Waals surface area (Å²) in [6.45, 7) is 5.74. The second-order valence-corrected chi connectivity index (χ2v) is 7.56. The van der Waals surface area contributed by atoms with Gasteiger partial charge in [0, 0.05) is 30.4 Å². The molecule has 0 saturated carbocycles. The third kappa shape index (κ3) is 4.66. The van der Waals surface area contributed by atoms with Gasteiger partial charge < -0.3 is 15.0 Å². The minimum atomic E-state index is -0.700. The zero-order chi connectivity index (χ0) is 21.8. The average Bonchev–Trinajstić information content (AvgIpc) is 3.39. The number of morpholine rings is 1. The number of H-pyrrole nitrogens is 1. The molecule has 3 heterocycles. The number of ether oxygens (including phenoxy) is 1. The van der Waals surface area contributed by atoms with Gasteiger partial charge in [0.2, 0.25) is 0 Å². The van der Waals surface area contributed by atoms with Crippen molar-refractivity contribution in [3.8, 4) is 11.3 Å². The Kier molecular flexibility index (Phi) is 6.13. The van der Waals surface area contributed by atoms with Crippen molar-refractivity contribution in [3.63, 3.8) is 0 Å². The highest BCUT2D eigenvalue weighted by Gasteiger charge is 2.31. The van der Waals surface area contributed by atoms with Gasteiger partial charge in [-0.2, -0.15) is 10.2 Å². The highest BCUT2D eigenvalue weighted by molar-refractivity contribution is 5.96. The van der Waals surface area contributed by atoms with Gasteiger partial charge in [0.05, 0.1) is 31.1 Å². The number of nitrogens with zero attached hydrogens (tertiary/aromatic N) is 4. The van der Waals surface area contributed by atoms with Gasteiger partial charge in [-0.1, -0.05) is 30.3 Å². The van der Waals surface area contributed by atoms with E-state index in [-0.39, 0.29) is 18.4 Å². The van der Waals surface area contributed by atoms with Crippen LogP contribution in [0.3, 0.4) is 0 Å². The fourth-order valence-electron chi connectivity index (χ4n) is 3.63. The van der Waals surface area contributed by atoms with Gasteiger partial charge in [-0.3, -0.25) is 19.4 Å². The van der Waals surface area contributed by atoms with E-state index in [0.717, 1.165) is 22.5 Å². The monoisotopic (exact) mass is 422 g/mol. The molecule has 2 aromatic heterocycles. The van der Waals surface area contributed by atoms with Crippen molar-refractivity contribution in [1.82, 2.24) is 30.2 Å². The lowest BCUT2D eigenvalue weighted by molar-refractivity contribution is -0.137. The van der Waals surface area contributed by atoms with Crippen LogP contribution in [-0.4, -0.2) is 69.0 Å². The minimum Gasteiger partial charge on any atom is -0.365 e. The Balaban J connectivity index is 1.36. The molecule has 9 nitrogen and oxygen atoms in total. The van der Waals surface area contributed by atoms with Crippen LogP contribution in [0.4, 0.5) is 0 Å². The van der Waals surface area contributed by atoms with Gasteiger partial charge in [-0.25, -0.2) is 0 Å². The summed E-state index contributed by atoms with van der Waals surface area (Å²) in [7, 11) is 0. The predicted molar refractivity (Wildman–Crippen MR) is 114 cm³/mol. The lowest BCUT2D eigenvalue weighted by Crippen LogP contribution is -2.52. The number of nitrogens with one attached hydrogen (secondary N) is 2. The van der Waals surface area contributed by atoms with Gasteiger partial charge in [-0.05, 0) is 19.9 Å². The van der Waals surface area contributed by atoms with E-state index in [2.05, 4.69) is 20.6 Å². The van der Waals surface area contributed by atoms with Crippen LogP contribution in [-0.2, 0) is 16.1 Å². The molecule has 0 aliphatic carbocycles. The van der Waals surface area contributed by atoms with Crippen LogP contribution in [0.25, 0.3) is 11.3 Å². The minimum absolute atomic E-state index is 0.180. The zero-order valence-electron chi connectivity index (χ0n) is 17.7. The SMILES string of the molecule is Cc1ccn(CCNC(=O)C2CN(C(=O)c3[nH]nc(-c4ccccc4)c3C)CCO2)n1. The molecule has 2 N–H and O–H groups in total. The molecule has 1 saturated heterocycles. The Morgan fingerprint density at radius 3 is 2.77 bits per heavy atom. The molecule has 31 heavy (non-hydrogen) atoms. The summed E-state index contributed by atoms with van der Waals surface area (Å²) in [5, 5.41) is 14.4. The molecule has 1 aliphatic heterocycles. The second kappa shape index (κ2) is 9.13. The van der Waals surface area contributed by atoms with E-state index in [1.807, 2.05) is 56.4 Å². The highest BCUT2D eigenvalue weighted by Crippen LogP contribution is 2.24. The largest absolute Gasteiger partial charge is 0.365 e. The van der Waals surface area contributed by atoms with Crippen LogP contribution in [0.15, 0.2) is 42.6 Å². The number of amides is 2. The Labute approximate surface area is 180 Å². The van der Waals surface area contributed by atoms with Gasteiger partial charge in [0.25, 0.3) is 11.8 Å². The Bertz CT molecular complexity index is 1060. The number of hydrogen-bond donors (Lipinski definition) is 2. The lowest BCUT2D eigenvalue weighted by atomic mass is 10.1. The van der Waals surface area contributed by atoms with Gasteiger partial charge in [0.15, 0.2) is 6.10 Å². The Morgan fingerprint density at radius 2 is 2.03 bits per heavy atom. The molecule has 0 bridgehead atoms. The molecular weight excluding hydrogens is 396 g/mol. The number of benzene rings is 1. The van der Waals surface area contributed by atoms with Crippen LogP contribution in [0.2, 0.25) is 0 Å². The van der Waals surface area contributed by atoms with E-state index in [9.17, 15) is 9.59 Å². The first kappa shape index (κ1) is 20.8. The van der Waals surface area contributed by atoms with E-state index in [4.69, 9.17) is 4.74 Å². The van der Waals surface area contributed by atoms with Gasteiger partial charge >= 0.3 is 0 Å². The summed E-state index contributed by atoms with van der Waals surface area (Å²) in [6.07, 6.45) is 1.17. The van der Waals surface area contributed by atoms with E-state index in [1.165, 1.54) is 0 Å². The third-order valence-corrected chi connectivity index (χ3v) is 5.33. The van der Waals surface area contributed by atoms with Crippen molar-refractivity contribution < 1.29 is 14.3 Å². The second-order valence-electron chi connectivity index (χ2n) is 7.56. The first-order chi connectivity index (χ1) is 15.0. The fraction of sp³-hybridized carbons (Fsp3) is 0.364. The van der Waals surface area contributed by atoms with E-state index in [0.29, 0.717) is 31.9 Å². The number of carbonyl (C=O) groups excluding carboxylic acids is 2. The Morgan fingerprint density at radius 1 is 1.23 bits per heavy atom. The third-order valence-electron chi connectivity index (χ3n) is 5.33. The summed E-state index contributed by atoms with van der Waals surface area (Å²) in [5.41, 5.74) is 3.86. The maximum Gasteiger partial charge on any atom is 0.272 e. The summed E-state index contributed by atoms with van der Waals surface area (Å²) < 4.78 is 7.39. The normalized spacial score (nSPS) is 16.3. The molecule has 0 radical (unpaired) electrons. The van der Waals surface area contributed by atoms with E-state index >= 15 is 0 Å². The van der Waals surface area contributed by atoms with Crippen molar-refractivity contribution in [2.75, 3.05) is 26.2 Å². The molecule has 1 unspecified atom stereocenters. The number of carbonyl (C=O) groups is 2. The number of aromatic amines is 1. The first-order valence-corrected chi connectivity index (χ1v) is 10.3. The summed E-state index contributed by atoms with van der Waals surface area (Å²) >= 11 is 0. The molecule has 1 aliphatic rings. The van der Waals surface area contributed by atoms with Crippen LogP contribution in [0.5, 0.6) is 0 Å². The summed E-state index contributed by atoms with van der Waals surface area (Å²) in [5.74, 6) is -0.409. The molecule has 1 aromatic carbocycles. The Hall–Kier alpha value is -3.46. The lowest BCUT2D eigenvalue weighted by Gasteiger charge is -2.32. The van der Waals surface area contributed by atoms with Crippen molar-refractivity contribution >= 4 is 11.8 Å². The predicted octanol–water partition coefficient (Wildman–Crippen LogP) is 1.55. The smallest absolute Gasteiger partial charge is 0.272 e. The van der Waals surface area contributed by atoms with Crippen LogP contribution < -0.4 is 5.32 Å². The standard InChI is InChI=1S/C22H26N6O3/c1-15-8-10-28(26-15)11-9-23-21(29)18-14-27(12-13-31-18)22(30)20-16(2)19(24-25-20)17-6-4-3-5-7-17/h3-8,10,18H,9,11-14H2,1-2H3,(H,23,29)(H,24,25).